The third-order valence-corrected chi connectivity index (χ3v) is 5.04. The van der Waals surface area contributed by atoms with Crippen LogP contribution in [0, 0.1) is 0 Å². The normalized spacial score (nSPS) is 11.1. The number of carbonyl (C=O) groups is 1. The van der Waals surface area contributed by atoms with Crippen molar-refractivity contribution < 1.29 is 13.2 Å². The van der Waals surface area contributed by atoms with Gasteiger partial charge in [0, 0.05) is 18.6 Å². The lowest BCUT2D eigenvalue weighted by Gasteiger charge is -2.19. The predicted octanol–water partition coefficient (Wildman–Crippen LogP) is 2.71. The summed E-state index contributed by atoms with van der Waals surface area (Å²) in [6.07, 6.45) is 1.76. The fourth-order valence-corrected chi connectivity index (χ4v) is 2.83. The minimum absolute atomic E-state index is 0.310. The number of benzene rings is 2. The van der Waals surface area contributed by atoms with Crippen LogP contribution in [0.2, 0.25) is 5.02 Å². The van der Waals surface area contributed by atoms with Crippen molar-refractivity contribution in [3.8, 4) is 0 Å². The van der Waals surface area contributed by atoms with Crippen LogP contribution in [0.15, 0.2) is 48.5 Å². The third kappa shape index (κ3) is 4.72. The summed E-state index contributed by atoms with van der Waals surface area (Å²) in [4.78, 5) is 12.4. The Hall–Kier alpha value is -2.05. The van der Waals surface area contributed by atoms with Crippen molar-refractivity contribution in [1.29, 1.82) is 0 Å². The molecule has 1 amide bonds. The molecule has 0 aliphatic heterocycles. The standard InChI is InChI=1S/C17H19ClN2O3S/c1-20(24(2,22)23)16-6-4-3-5-15(16)17(21)19-12-11-13-7-9-14(18)10-8-13/h3-10H,11-12H2,1-2H3,(H,19,21). The van der Waals surface area contributed by atoms with E-state index in [1.807, 2.05) is 12.1 Å². The van der Waals surface area contributed by atoms with Gasteiger partial charge in [-0.1, -0.05) is 35.9 Å². The summed E-state index contributed by atoms with van der Waals surface area (Å²) in [5.41, 5.74) is 1.73. The van der Waals surface area contributed by atoms with E-state index >= 15 is 0 Å². The van der Waals surface area contributed by atoms with Gasteiger partial charge >= 0.3 is 0 Å². The first kappa shape index (κ1) is 18.3. The van der Waals surface area contributed by atoms with Gasteiger partial charge in [-0.05, 0) is 36.2 Å². The quantitative estimate of drug-likeness (QED) is 0.854. The molecule has 128 valence electrons. The molecule has 5 nitrogen and oxygen atoms in total. The van der Waals surface area contributed by atoms with Gasteiger partial charge in [-0.25, -0.2) is 8.42 Å². The second kappa shape index (κ2) is 7.68. The van der Waals surface area contributed by atoms with Crippen molar-refractivity contribution in [3.05, 3.63) is 64.7 Å². The number of halogens is 1. The Bertz CT molecular complexity index is 820. The maximum absolute atomic E-state index is 12.4. The smallest absolute Gasteiger partial charge is 0.253 e. The molecule has 0 fully saturated rings. The van der Waals surface area contributed by atoms with Crippen molar-refractivity contribution in [2.75, 3.05) is 24.2 Å². The van der Waals surface area contributed by atoms with Crippen LogP contribution in [-0.2, 0) is 16.4 Å². The van der Waals surface area contributed by atoms with Crippen LogP contribution < -0.4 is 9.62 Å². The number of hydrogen-bond donors (Lipinski definition) is 1. The highest BCUT2D eigenvalue weighted by atomic mass is 35.5. The molecule has 2 aromatic rings. The Morgan fingerprint density at radius 1 is 1.12 bits per heavy atom. The zero-order valence-electron chi connectivity index (χ0n) is 13.5. The Balaban J connectivity index is 2.06. The molecular weight excluding hydrogens is 348 g/mol. The molecule has 0 spiro atoms. The molecule has 2 rings (SSSR count). The molecule has 0 heterocycles. The van der Waals surface area contributed by atoms with E-state index in [4.69, 9.17) is 11.6 Å². The third-order valence-electron chi connectivity index (χ3n) is 3.60. The summed E-state index contributed by atoms with van der Waals surface area (Å²) < 4.78 is 24.5. The van der Waals surface area contributed by atoms with Gasteiger partial charge in [0.2, 0.25) is 10.0 Å². The van der Waals surface area contributed by atoms with Crippen molar-refractivity contribution >= 4 is 33.2 Å². The summed E-state index contributed by atoms with van der Waals surface area (Å²) in [5.74, 6) is -0.310. The predicted molar refractivity (Wildman–Crippen MR) is 97.2 cm³/mol. The number of carbonyl (C=O) groups excluding carboxylic acids is 1. The van der Waals surface area contributed by atoms with Crippen LogP contribution in [0.1, 0.15) is 15.9 Å². The highest BCUT2D eigenvalue weighted by Gasteiger charge is 2.19. The van der Waals surface area contributed by atoms with Gasteiger partial charge in [-0.3, -0.25) is 9.10 Å². The first-order valence-corrected chi connectivity index (χ1v) is 9.57. The lowest BCUT2D eigenvalue weighted by Crippen LogP contribution is -2.30. The van der Waals surface area contributed by atoms with Crippen LogP contribution in [0.3, 0.4) is 0 Å². The maximum atomic E-state index is 12.4. The molecular formula is C17H19ClN2O3S. The largest absolute Gasteiger partial charge is 0.352 e. The minimum Gasteiger partial charge on any atom is -0.352 e. The van der Waals surface area contributed by atoms with E-state index in [9.17, 15) is 13.2 Å². The second-order valence-electron chi connectivity index (χ2n) is 5.38. The molecule has 2 aromatic carbocycles. The molecule has 0 unspecified atom stereocenters. The number of sulfonamides is 1. The highest BCUT2D eigenvalue weighted by molar-refractivity contribution is 7.92. The Labute approximate surface area is 147 Å². The summed E-state index contributed by atoms with van der Waals surface area (Å²) in [6.45, 7) is 0.442. The molecule has 1 N–H and O–H groups in total. The van der Waals surface area contributed by atoms with Crippen molar-refractivity contribution in [2.45, 2.75) is 6.42 Å². The van der Waals surface area contributed by atoms with E-state index in [2.05, 4.69) is 5.32 Å². The van der Waals surface area contributed by atoms with Gasteiger partial charge in [-0.15, -0.1) is 0 Å². The summed E-state index contributed by atoms with van der Waals surface area (Å²) >= 11 is 5.84. The highest BCUT2D eigenvalue weighted by Crippen LogP contribution is 2.21. The molecule has 7 heteroatoms. The van der Waals surface area contributed by atoms with Gasteiger partial charge in [0.25, 0.3) is 5.91 Å². The van der Waals surface area contributed by atoms with Crippen LogP contribution >= 0.6 is 11.6 Å². The second-order valence-corrected chi connectivity index (χ2v) is 7.83. The number of amides is 1. The van der Waals surface area contributed by atoms with E-state index in [1.165, 1.54) is 7.05 Å². The van der Waals surface area contributed by atoms with E-state index < -0.39 is 10.0 Å². The maximum Gasteiger partial charge on any atom is 0.253 e. The number of rotatable bonds is 6. The summed E-state index contributed by atoms with van der Waals surface area (Å²) in [7, 11) is -2.01. The number of para-hydroxylation sites is 1. The molecule has 0 radical (unpaired) electrons. The average molecular weight is 367 g/mol. The van der Waals surface area contributed by atoms with Gasteiger partial charge in [0.1, 0.15) is 0 Å². The van der Waals surface area contributed by atoms with Crippen molar-refractivity contribution in [3.63, 3.8) is 0 Å². The van der Waals surface area contributed by atoms with Gasteiger partial charge in [0.05, 0.1) is 17.5 Å². The molecule has 24 heavy (non-hydrogen) atoms. The number of nitrogens with one attached hydrogen (secondary N) is 1. The van der Waals surface area contributed by atoms with E-state index in [0.717, 1.165) is 16.1 Å². The molecule has 0 atom stereocenters. The zero-order chi connectivity index (χ0) is 17.7. The first-order chi connectivity index (χ1) is 11.3. The lowest BCUT2D eigenvalue weighted by molar-refractivity contribution is 0.0955. The molecule has 0 bridgehead atoms. The van der Waals surface area contributed by atoms with Gasteiger partial charge in [0.15, 0.2) is 0 Å². The molecule has 0 aliphatic carbocycles. The topological polar surface area (TPSA) is 66.5 Å². The SMILES string of the molecule is CN(c1ccccc1C(=O)NCCc1ccc(Cl)cc1)S(C)(=O)=O. The molecule has 0 saturated heterocycles. The first-order valence-electron chi connectivity index (χ1n) is 7.34. The number of hydrogen-bond acceptors (Lipinski definition) is 3. The molecule has 0 saturated carbocycles. The van der Waals surface area contributed by atoms with E-state index in [-0.39, 0.29) is 5.91 Å². The number of anilines is 1. The zero-order valence-corrected chi connectivity index (χ0v) is 15.1. The lowest BCUT2D eigenvalue weighted by atomic mass is 10.1. The molecule has 0 aromatic heterocycles. The van der Waals surface area contributed by atoms with Gasteiger partial charge in [-0.2, -0.15) is 0 Å². The summed E-state index contributed by atoms with van der Waals surface area (Å²) in [5, 5.41) is 3.48. The van der Waals surface area contributed by atoms with Crippen LogP contribution in [0.25, 0.3) is 0 Å². The average Bonchev–Trinajstić information content (AvgIpc) is 2.55. The van der Waals surface area contributed by atoms with Crippen LogP contribution in [-0.4, -0.2) is 34.2 Å². The fourth-order valence-electron chi connectivity index (χ4n) is 2.19. The minimum atomic E-state index is -3.44. The van der Waals surface area contributed by atoms with E-state index in [1.54, 1.807) is 36.4 Å². The van der Waals surface area contributed by atoms with Crippen LogP contribution in [0.4, 0.5) is 5.69 Å². The molecule has 0 aliphatic rings. The van der Waals surface area contributed by atoms with Gasteiger partial charge < -0.3 is 5.32 Å². The Morgan fingerprint density at radius 2 is 1.75 bits per heavy atom. The van der Waals surface area contributed by atoms with E-state index in [0.29, 0.717) is 29.2 Å². The Morgan fingerprint density at radius 3 is 2.38 bits per heavy atom. The van der Waals surface area contributed by atoms with Crippen molar-refractivity contribution in [2.24, 2.45) is 0 Å². The number of nitrogens with zero attached hydrogens (tertiary/aromatic N) is 1. The summed E-state index contributed by atoms with van der Waals surface area (Å²) in [6, 6.07) is 14.0. The Kier molecular flexibility index (Phi) is 5.85. The fraction of sp³-hybridized carbons (Fsp3) is 0.235. The van der Waals surface area contributed by atoms with Crippen LogP contribution in [0.5, 0.6) is 0 Å². The van der Waals surface area contributed by atoms with Crippen molar-refractivity contribution in [1.82, 2.24) is 5.32 Å². The monoisotopic (exact) mass is 366 g/mol.